The van der Waals surface area contributed by atoms with E-state index in [0.717, 1.165) is 0 Å². The number of H-pyrrole nitrogens is 1. The van der Waals surface area contributed by atoms with E-state index in [2.05, 4.69) is 42.2 Å². The van der Waals surface area contributed by atoms with Gasteiger partial charge in [-0.25, -0.2) is 24.5 Å². The zero-order chi connectivity index (χ0) is 31.0. The molecular formula is C20H24N10O10P2S2. The summed E-state index contributed by atoms with van der Waals surface area (Å²) in [6.07, 6.45) is -4.01. The molecule has 9 atom stereocenters. The number of nitrogens with one attached hydrogen (secondary N) is 1. The van der Waals surface area contributed by atoms with Crippen LogP contribution in [0.25, 0.3) is 22.3 Å². The van der Waals surface area contributed by atoms with Gasteiger partial charge in [0.2, 0.25) is 5.95 Å². The Morgan fingerprint density at radius 1 is 1.00 bits per heavy atom. The molecule has 0 aromatic carbocycles. The third kappa shape index (κ3) is 5.44. The molecule has 24 heteroatoms. The van der Waals surface area contributed by atoms with Crippen molar-refractivity contribution in [2.24, 2.45) is 0 Å². The van der Waals surface area contributed by atoms with Crippen molar-refractivity contribution in [3.05, 3.63) is 29.3 Å². The molecule has 2 bridgehead atoms. The Morgan fingerprint density at radius 2 is 1.75 bits per heavy atom. The van der Waals surface area contributed by atoms with Gasteiger partial charge in [-0.3, -0.25) is 28.0 Å². The number of hydrogen-bond donors (Lipinski definition) is 6. The molecule has 7 N–H and O–H groups in total. The van der Waals surface area contributed by atoms with Crippen molar-refractivity contribution in [2.45, 2.75) is 49.4 Å². The molecule has 3 saturated heterocycles. The maximum atomic E-state index is 13.4. The maximum absolute atomic E-state index is 13.4. The van der Waals surface area contributed by atoms with Gasteiger partial charge in [0, 0.05) is 6.42 Å². The van der Waals surface area contributed by atoms with Gasteiger partial charge >= 0.3 is 13.5 Å². The number of rotatable bonds is 2. The molecule has 0 radical (unpaired) electrons. The number of thiol groups is 1. The summed E-state index contributed by atoms with van der Waals surface area (Å²) in [5.41, 5.74) is 11.6. The molecule has 44 heavy (non-hydrogen) atoms. The van der Waals surface area contributed by atoms with Crippen molar-refractivity contribution in [1.82, 2.24) is 39.0 Å². The zero-order valence-electron chi connectivity index (χ0n) is 22.1. The van der Waals surface area contributed by atoms with Crippen LogP contribution in [0.5, 0.6) is 0 Å². The smallest absolute Gasteiger partial charge is 0.386 e. The summed E-state index contributed by atoms with van der Waals surface area (Å²) in [6, 6.07) is 0. The lowest BCUT2D eigenvalue weighted by atomic mass is 10.1. The fourth-order valence-corrected chi connectivity index (χ4v) is 8.25. The SMILES string of the molecule is Nc1nc2c(ncn2[C@@H]2O[C@@H]3COP(=O)(S)O[C@@H]4C(O)[C@H](n5cnc6c(N)ncnc65)O[C@@H]4COP(O)(=S)OC2C3)c(=O)[nH]1. The van der Waals surface area contributed by atoms with Gasteiger partial charge in [-0.05, 0) is 11.8 Å². The predicted molar refractivity (Wildman–Crippen MR) is 155 cm³/mol. The first-order chi connectivity index (χ1) is 20.9. The monoisotopic (exact) mass is 690 g/mol. The summed E-state index contributed by atoms with van der Waals surface area (Å²) >= 11 is 9.41. The van der Waals surface area contributed by atoms with Crippen molar-refractivity contribution in [3.63, 3.8) is 0 Å². The minimum absolute atomic E-state index is 0.0130. The van der Waals surface area contributed by atoms with Crippen molar-refractivity contribution < 1.29 is 42.1 Å². The predicted octanol–water partition coefficient (Wildman–Crippen LogP) is -0.258. The second kappa shape index (κ2) is 11.0. The van der Waals surface area contributed by atoms with Crippen LogP contribution in [0, 0.1) is 0 Å². The van der Waals surface area contributed by atoms with Crippen LogP contribution in [0.3, 0.4) is 0 Å². The van der Waals surface area contributed by atoms with E-state index in [1.165, 1.54) is 28.1 Å². The molecule has 0 aliphatic carbocycles. The van der Waals surface area contributed by atoms with Crippen molar-refractivity contribution in [2.75, 3.05) is 24.7 Å². The molecule has 236 valence electrons. The Balaban J connectivity index is 1.19. The van der Waals surface area contributed by atoms with E-state index in [4.69, 9.17) is 50.8 Å². The van der Waals surface area contributed by atoms with Crippen LogP contribution in [0.2, 0.25) is 0 Å². The molecule has 0 saturated carbocycles. The Bertz CT molecular complexity index is 1910. The van der Waals surface area contributed by atoms with E-state index in [1.807, 2.05) is 0 Å². The number of aromatic nitrogens is 8. The molecule has 4 unspecified atom stereocenters. The third-order valence-corrected chi connectivity index (χ3v) is 10.4. The first-order valence-electron chi connectivity index (χ1n) is 12.8. The second-order valence-corrected chi connectivity index (χ2v) is 15.7. The Morgan fingerprint density at radius 3 is 2.55 bits per heavy atom. The highest BCUT2D eigenvalue weighted by molar-refractivity contribution is 8.44. The number of nitrogens with zero attached hydrogens (tertiary/aromatic N) is 7. The lowest BCUT2D eigenvalue weighted by Crippen LogP contribution is -2.36. The van der Waals surface area contributed by atoms with Crippen LogP contribution in [-0.2, 0) is 43.9 Å². The highest BCUT2D eigenvalue weighted by Gasteiger charge is 2.51. The fourth-order valence-electron chi connectivity index (χ4n) is 5.29. The lowest BCUT2D eigenvalue weighted by molar-refractivity contribution is -0.0592. The third-order valence-electron chi connectivity index (χ3n) is 7.19. The van der Waals surface area contributed by atoms with E-state index in [-0.39, 0.29) is 47.1 Å². The van der Waals surface area contributed by atoms with E-state index in [1.54, 1.807) is 0 Å². The number of fused-ring (bicyclic) bond motifs is 5. The van der Waals surface area contributed by atoms with Gasteiger partial charge in [0.25, 0.3) is 5.56 Å². The van der Waals surface area contributed by atoms with Gasteiger partial charge in [0.05, 0.1) is 32.0 Å². The first-order valence-corrected chi connectivity index (χ1v) is 18.1. The van der Waals surface area contributed by atoms with E-state index >= 15 is 0 Å². The summed E-state index contributed by atoms with van der Waals surface area (Å²) in [7, 11) is 0. The zero-order valence-corrected chi connectivity index (χ0v) is 25.6. The average molecular weight is 691 g/mol. The number of aliphatic hydroxyl groups is 1. The number of nitrogens with two attached hydrogens (primary N) is 2. The van der Waals surface area contributed by atoms with E-state index in [9.17, 15) is 19.4 Å². The minimum Gasteiger partial charge on any atom is -0.386 e. The van der Waals surface area contributed by atoms with Gasteiger partial charge in [-0.1, -0.05) is 12.2 Å². The summed E-state index contributed by atoms with van der Waals surface area (Å²) < 4.78 is 51.0. The molecule has 3 aliphatic heterocycles. The standard InChI is InChI=1S/C20H24N10O10P2S2/c21-14-10-15(24-4-23-14)29(5-25-10)19-12(31)13-9(38-19)3-36-41(33,43)39-8-1-7(2-35-42(34,44)40-13)37-18(8)30-6-26-11-16(30)27-20(22)28-17(11)32/h4-9,12-13,18-19,31H,1-3H2,(H,33,43)(H,34,44)(H2,21,23,24)(H3,22,27,28,32)/t7-,8?,9+,12?,13-,18+,19+,41?,42?/m0/s1. The highest BCUT2D eigenvalue weighted by atomic mass is 32.7. The summed E-state index contributed by atoms with van der Waals surface area (Å²) in [5, 5.41) is 11.3. The number of hydrogen-bond acceptors (Lipinski definition) is 17. The van der Waals surface area contributed by atoms with Crippen LogP contribution in [0.15, 0.2) is 23.8 Å². The maximum Gasteiger partial charge on any atom is 0.386 e. The molecular weight excluding hydrogens is 666 g/mol. The number of imidazole rings is 2. The molecule has 7 heterocycles. The topological polar surface area (TPSA) is 272 Å². The van der Waals surface area contributed by atoms with Crippen LogP contribution in [-0.4, -0.2) is 92.8 Å². The Hall–Kier alpha value is -2.59. The molecule has 20 nitrogen and oxygen atoms in total. The molecule has 7 rings (SSSR count). The second-order valence-electron chi connectivity index (χ2n) is 10.0. The van der Waals surface area contributed by atoms with E-state index in [0.29, 0.717) is 0 Å². The molecule has 0 spiro atoms. The Kier molecular flexibility index (Phi) is 7.55. The normalized spacial score (nSPS) is 36.6. The molecule has 4 aromatic rings. The molecule has 3 fully saturated rings. The van der Waals surface area contributed by atoms with Gasteiger partial charge in [-0.2, -0.15) is 4.98 Å². The molecule has 4 aromatic heterocycles. The Labute approximate surface area is 255 Å². The molecule has 3 aliphatic rings. The summed E-state index contributed by atoms with van der Waals surface area (Å²) in [6.45, 7) is -9.00. The van der Waals surface area contributed by atoms with Gasteiger partial charge in [-0.15, -0.1) is 0 Å². The minimum atomic E-state index is -4.18. The number of nitrogen functional groups attached to an aromatic ring is 2. The van der Waals surface area contributed by atoms with Gasteiger partial charge in [0.1, 0.15) is 36.3 Å². The quantitative estimate of drug-likeness (QED) is 0.117. The summed E-state index contributed by atoms with van der Waals surface area (Å²) in [4.78, 5) is 46.2. The van der Waals surface area contributed by atoms with Gasteiger partial charge in [0.15, 0.2) is 35.1 Å². The van der Waals surface area contributed by atoms with Crippen LogP contribution >= 0.6 is 25.8 Å². The average Bonchev–Trinajstić information content (AvgIpc) is 3.72. The number of anilines is 2. The number of ether oxygens (including phenoxy) is 2. The lowest BCUT2D eigenvalue weighted by Gasteiger charge is -2.27. The van der Waals surface area contributed by atoms with Crippen molar-refractivity contribution >= 4 is 71.7 Å². The van der Waals surface area contributed by atoms with Crippen LogP contribution < -0.4 is 17.0 Å². The van der Waals surface area contributed by atoms with Gasteiger partial charge < -0.3 is 40.0 Å². The first kappa shape index (κ1) is 30.1. The van der Waals surface area contributed by atoms with Crippen LogP contribution in [0.4, 0.5) is 11.8 Å². The number of aromatic amines is 1. The number of aliphatic hydroxyl groups excluding tert-OH is 1. The molecule has 0 amide bonds. The summed E-state index contributed by atoms with van der Waals surface area (Å²) in [5.74, 6) is -0.0450. The van der Waals surface area contributed by atoms with E-state index < -0.39 is 68.7 Å². The fraction of sp³-hybridized carbons (Fsp3) is 0.500. The van der Waals surface area contributed by atoms with Crippen LogP contribution in [0.1, 0.15) is 18.9 Å². The van der Waals surface area contributed by atoms with Crippen molar-refractivity contribution in [3.8, 4) is 0 Å². The van der Waals surface area contributed by atoms with Crippen molar-refractivity contribution in [1.29, 1.82) is 0 Å². The largest absolute Gasteiger partial charge is 0.386 e. The highest BCUT2D eigenvalue weighted by Crippen LogP contribution is 2.58.